The van der Waals surface area contributed by atoms with Gasteiger partial charge in [-0.3, -0.25) is 9.48 Å². The zero-order valence-corrected chi connectivity index (χ0v) is 12.8. The van der Waals surface area contributed by atoms with Crippen molar-refractivity contribution >= 4 is 11.7 Å². The predicted molar refractivity (Wildman–Crippen MR) is 83.1 cm³/mol. The summed E-state index contributed by atoms with van der Waals surface area (Å²) in [5, 5.41) is 16.8. The second-order valence-electron chi connectivity index (χ2n) is 5.74. The lowest BCUT2D eigenvalue weighted by molar-refractivity contribution is 0.102. The van der Waals surface area contributed by atoms with E-state index in [0.717, 1.165) is 25.0 Å². The quantitative estimate of drug-likeness (QED) is 0.889. The molecule has 6 heteroatoms. The Hall–Kier alpha value is -2.37. The zero-order chi connectivity index (χ0) is 15.7. The van der Waals surface area contributed by atoms with Gasteiger partial charge in [-0.05, 0) is 38.3 Å². The van der Waals surface area contributed by atoms with Crippen molar-refractivity contribution in [3.8, 4) is 5.75 Å². The number of anilines is 1. The molecule has 6 nitrogen and oxygen atoms in total. The number of carbonyl (C=O) groups is 1. The average Bonchev–Trinajstić information content (AvgIpc) is 3.26. The van der Waals surface area contributed by atoms with Crippen LogP contribution in [0.2, 0.25) is 0 Å². The Labute approximate surface area is 129 Å². The first-order valence-corrected chi connectivity index (χ1v) is 7.64. The van der Waals surface area contributed by atoms with Gasteiger partial charge in [0.1, 0.15) is 0 Å². The van der Waals surface area contributed by atoms with Gasteiger partial charge in [0.05, 0.1) is 17.5 Å². The molecule has 0 radical (unpaired) electrons. The molecule has 2 aromatic rings. The van der Waals surface area contributed by atoms with Crippen LogP contribution in [0.25, 0.3) is 0 Å². The molecule has 2 heterocycles. The molecule has 116 valence electrons. The maximum atomic E-state index is 12.5. The van der Waals surface area contributed by atoms with Crippen molar-refractivity contribution in [2.75, 3.05) is 5.32 Å². The number of nitrogens with one attached hydrogen (secondary N) is 1. The van der Waals surface area contributed by atoms with Gasteiger partial charge in [0.15, 0.2) is 11.6 Å². The third-order valence-corrected chi connectivity index (χ3v) is 4.07. The Morgan fingerprint density at radius 1 is 1.55 bits per heavy atom. The molecule has 1 fully saturated rings. The van der Waals surface area contributed by atoms with Crippen LogP contribution in [0, 0.1) is 0 Å². The second kappa shape index (κ2) is 5.79. The summed E-state index contributed by atoms with van der Waals surface area (Å²) in [6.07, 6.45) is 6.30. The molecule has 1 aliphatic carbocycles. The summed E-state index contributed by atoms with van der Waals surface area (Å²) in [6, 6.07) is 3.37. The van der Waals surface area contributed by atoms with Gasteiger partial charge in [-0.25, -0.2) is 4.98 Å². The fraction of sp³-hybridized carbons (Fsp3) is 0.438. The smallest absolute Gasteiger partial charge is 0.260 e. The Morgan fingerprint density at radius 2 is 2.32 bits per heavy atom. The minimum Gasteiger partial charge on any atom is -0.504 e. The second-order valence-corrected chi connectivity index (χ2v) is 5.74. The molecule has 0 aromatic carbocycles. The number of amides is 1. The molecule has 0 saturated heterocycles. The number of carbonyl (C=O) groups excluding carboxylic acids is 1. The molecule has 0 spiro atoms. The third-order valence-electron chi connectivity index (χ3n) is 4.07. The molecule has 3 rings (SSSR count). The van der Waals surface area contributed by atoms with Gasteiger partial charge in [-0.15, -0.1) is 0 Å². The first kappa shape index (κ1) is 14.6. The summed E-state index contributed by atoms with van der Waals surface area (Å²) < 4.78 is 1.96. The van der Waals surface area contributed by atoms with Gasteiger partial charge >= 0.3 is 0 Å². The first-order valence-electron chi connectivity index (χ1n) is 7.64. The van der Waals surface area contributed by atoms with E-state index in [1.165, 1.54) is 12.3 Å². The van der Waals surface area contributed by atoms with E-state index in [9.17, 15) is 9.90 Å². The summed E-state index contributed by atoms with van der Waals surface area (Å²) in [5.41, 5.74) is 1.58. The van der Waals surface area contributed by atoms with Crippen molar-refractivity contribution in [2.45, 2.75) is 45.1 Å². The van der Waals surface area contributed by atoms with Crippen LogP contribution in [0.15, 0.2) is 24.5 Å². The fourth-order valence-electron chi connectivity index (χ4n) is 2.50. The predicted octanol–water partition coefficient (Wildman–Crippen LogP) is 3.08. The molecular formula is C16H20N4O2. The first-order chi connectivity index (χ1) is 10.6. The Kier molecular flexibility index (Phi) is 3.83. The van der Waals surface area contributed by atoms with E-state index in [-0.39, 0.29) is 23.5 Å². The van der Waals surface area contributed by atoms with Gasteiger partial charge in [0.2, 0.25) is 0 Å². The number of aromatic nitrogens is 3. The molecule has 0 unspecified atom stereocenters. The maximum absolute atomic E-state index is 12.5. The Bertz CT molecular complexity index is 691. The summed E-state index contributed by atoms with van der Waals surface area (Å²) >= 11 is 0. The highest BCUT2D eigenvalue weighted by molar-refractivity contribution is 6.05. The number of aromatic hydroxyl groups is 1. The fourth-order valence-corrected chi connectivity index (χ4v) is 2.50. The van der Waals surface area contributed by atoms with Crippen LogP contribution in [-0.4, -0.2) is 25.8 Å². The topological polar surface area (TPSA) is 80.0 Å². The van der Waals surface area contributed by atoms with Crippen LogP contribution in [0.5, 0.6) is 5.75 Å². The highest BCUT2D eigenvalue weighted by Gasteiger charge is 2.33. The monoisotopic (exact) mass is 300 g/mol. The van der Waals surface area contributed by atoms with Crippen molar-refractivity contribution in [2.24, 2.45) is 0 Å². The van der Waals surface area contributed by atoms with E-state index in [1.54, 1.807) is 12.3 Å². The van der Waals surface area contributed by atoms with Crippen molar-refractivity contribution in [3.05, 3.63) is 35.8 Å². The number of pyridine rings is 1. The van der Waals surface area contributed by atoms with Crippen LogP contribution < -0.4 is 5.32 Å². The average molecular weight is 300 g/mol. The van der Waals surface area contributed by atoms with Gasteiger partial charge in [-0.1, -0.05) is 6.92 Å². The van der Waals surface area contributed by atoms with Gasteiger partial charge in [-0.2, -0.15) is 5.10 Å². The van der Waals surface area contributed by atoms with Crippen LogP contribution in [0.3, 0.4) is 0 Å². The number of nitrogens with zero attached hydrogens (tertiary/aromatic N) is 3. The molecule has 1 amide bonds. The SMILES string of the molecule is CC[C@@H](C)n1ncc(C(=O)Nc2ncccc2O)c1C1CC1. The Morgan fingerprint density at radius 3 is 2.95 bits per heavy atom. The molecule has 2 N–H and O–H groups in total. The number of rotatable bonds is 5. The third kappa shape index (κ3) is 2.68. The van der Waals surface area contributed by atoms with Crippen LogP contribution in [-0.2, 0) is 0 Å². The van der Waals surface area contributed by atoms with E-state index < -0.39 is 0 Å². The standard InChI is InChI=1S/C16H20N4O2/c1-3-10(2)20-14(11-6-7-11)12(9-18-20)16(22)19-15-13(21)5-4-8-17-15/h4-5,8-11,21H,3,6-7H2,1-2H3,(H,17,19,22)/t10-/m1/s1. The lowest BCUT2D eigenvalue weighted by Crippen LogP contribution is -2.16. The summed E-state index contributed by atoms with van der Waals surface area (Å²) in [6.45, 7) is 4.21. The molecule has 22 heavy (non-hydrogen) atoms. The van der Waals surface area contributed by atoms with Crippen molar-refractivity contribution in [1.29, 1.82) is 0 Å². The lowest BCUT2D eigenvalue weighted by atomic mass is 10.1. The van der Waals surface area contributed by atoms with E-state index in [0.29, 0.717) is 11.5 Å². The Balaban J connectivity index is 1.90. The van der Waals surface area contributed by atoms with E-state index >= 15 is 0 Å². The van der Waals surface area contributed by atoms with Crippen LogP contribution >= 0.6 is 0 Å². The molecule has 2 aromatic heterocycles. The van der Waals surface area contributed by atoms with Crippen molar-refractivity contribution in [1.82, 2.24) is 14.8 Å². The molecule has 0 aliphatic heterocycles. The van der Waals surface area contributed by atoms with E-state index in [4.69, 9.17) is 0 Å². The molecule has 1 saturated carbocycles. The lowest BCUT2D eigenvalue weighted by Gasteiger charge is -2.14. The molecule has 1 atom stereocenters. The highest BCUT2D eigenvalue weighted by Crippen LogP contribution is 2.42. The van der Waals surface area contributed by atoms with Crippen molar-refractivity contribution in [3.63, 3.8) is 0 Å². The van der Waals surface area contributed by atoms with Crippen LogP contribution in [0.1, 0.15) is 61.1 Å². The minimum atomic E-state index is -0.273. The maximum Gasteiger partial charge on any atom is 0.260 e. The van der Waals surface area contributed by atoms with Crippen LogP contribution in [0.4, 0.5) is 5.82 Å². The summed E-state index contributed by atoms with van der Waals surface area (Å²) in [5.74, 6) is 0.267. The van der Waals surface area contributed by atoms with Gasteiger partial charge in [0, 0.05) is 18.2 Å². The molecular weight excluding hydrogens is 280 g/mol. The minimum absolute atomic E-state index is 0.0434. The molecule has 1 aliphatic rings. The summed E-state index contributed by atoms with van der Waals surface area (Å²) in [7, 11) is 0. The van der Waals surface area contributed by atoms with Crippen molar-refractivity contribution < 1.29 is 9.90 Å². The largest absolute Gasteiger partial charge is 0.504 e. The van der Waals surface area contributed by atoms with Gasteiger partial charge < -0.3 is 10.4 Å². The van der Waals surface area contributed by atoms with Gasteiger partial charge in [0.25, 0.3) is 5.91 Å². The normalized spacial score (nSPS) is 15.5. The highest BCUT2D eigenvalue weighted by atomic mass is 16.3. The van der Waals surface area contributed by atoms with E-state index in [2.05, 4.69) is 29.2 Å². The summed E-state index contributed by atoms with van der Waals surface area (Å²) in [4.78, 5) is 16.5. The zero-order valence-electron chi connectivity index (χ0n) is 12.8. The number of hydrogen-bond donors (Lipinski definition) is 2. The number of hydrogen-bond acceptors (Lipinski definition) is 4. The molecule has 0 bridgehead atoms. The van der Waals surface area contributed by atoms with E-state index in [1.807, 2.05) is 4.68 Å².